The molecular weight excluding hydrogens is 460 g/mol. The SMILES string of the molecule is COc1cccc(-n2cccc2[C@H]2[C@@H](c3ccccn3)NC(=S)N2c2cc(OC)ccc2OC)c1. The van der Waals surface area contributed by atoms with Crippen LogP contribution < -0.4 is 24.4 Å². The van der Waals surface area contributed by atoms with E-state index in [-0.39, 0.29) is 12.1 Å². The number of aromatic nitrogens is 2. The molecule has 5 rings (SSSR count). The van der Waals surface area contributed by atoms with E-state index in [1.807, 2.05) is 66.9 Å². The number of methoxy groups -OCH3 is 3. The molecule has 1 saturated heterocycles. The van der Waals surface area contributed by atoms with Gasteiger partial charge in [0.05, 0.1) is 38.8 Å². The minimum absolute atomic E-state index is 0.195. The third-order valence-electron chi connectivity index (χ3n) is 6.16. The van der Waals surface area contributed by atoms with Crippen LogP contribution in [0.1, 0.15) is 23.5 Å². The third-order valence-corrected chi connectivity index (χ3v) is 6.47. The predicted molar refractivity (Wildman–Crippen MR) is 140 cm³/mol. The Labute approximate surface area is 209 Å². The molecule has 0 amide bonds. The fourth-order valence-electron chi connectivity index (χ4n) is 4.53. The van der Waals surface area contributed by atoms with Crippen molar-refractivity contribution in [2.45, 2.75) is 12.1 Å². The Balaban J connectivity index is 1.70. The van der Waals surface area contributed by atoms with Gasteiger partial charge in [-0.05, 0) is 60.7 Å². The van der Waals surface area contributed by atoms with Crippen molar-refractivity contribution < 1.29 is 14.2 Å². The van der Waals surface area contributed by atoms with Crippen molar-refractivity contribution in [3.8, 4) is 22.9 Å². The predicted octanol–water partition coefficient (Wildman–Crippen LogP) is 5.08. The Kier molecular flexibility index (Phi) is 6.29. The number of nitrogens with one attached hydrogen (secondary N) is 1. The fourth-order valence-corrected chi connectivity index (χ4v) is 4.87. The number of pyridine rings is 1. The molecule has 1 N–H and O–H groups in total. The van der Waals surface area contributed by atoms with Crippen molar-refractivity contribution in [1.82, 2.24) is 14.9 Å². The van der Waals surface area contributed by atoms with Crippen LogP contribution in [0.25, 0.3) is 5.69 Å². The summed E-state index contributed by atoms with van der Waals surface area (Å²) in [6, 6.07) is 23.3. The lowest BCUT2D eigenvalue weighted by Gasteiger charge is -2.30. The van der Waals surface area contributed by atoms with Gasteiger partial charge >= 0.3 is 0 Å². The molecule has 0 bridgehead atoms. The molecule has 0 saturated carbocycles. The smallest absolute Gasteiger partial charge is 0.174 e. The molecule has 3 heterocycles. The largest absolute Gasteiger partial charge is 0.497 e. The van der Waals surface area contributed by atoms with Gasteiger partial charge in [0.2, 0.25) is 0 Å². The molecule has 0 unspecified atom stereocenters. The Morgan fingerprint density at radius 3 is 2.43 bits per heavy atom. The maximum atomic E-state index is 5.90. The Hall–Kier alpha value is -4.04. The van der Waals surface area contributed by atoms with E-state index in [1.165, 1.54) is 0 Å². The molecule has 1 aliphatic heterocycles. The molecule has 1 fully saturated rings. The summed E-state index contributed by atoms with van der Waals surface area (Å²) in [6.45, 7) is 0. The molecular formula is C27H26N4O3S. The molecule has 8 heteroatoms. The van der Waals surface area contributed by atoms with Crippen LogP contribution in [0.2, 0.25) is 0 Å². The first kappa shape index (κ1) is 22.7. The summed E-state index contributed by atoms with van der Waals surface area (Å²) in [4.78, 5) is 6.74. The molecule has 35 heavy (non-hydrogen) atoms. The van der Waals surface area contributed by atoms with Crippen molar-refractivity contribution in [2.24, 2.45) is 0 Å². The van der Waals surface area contributed by atoms with Crippen molar-refractivity contribution in [2.75, 3.05) is 26.2 Å². The highest BCUT2D eigenvalue weighted by Gasteiger charge is 2.43. The van der Waals surface area contributed by atoms with Crippen LogP contribution in [0.4, 0.5) is 5.69 Å². The monoisotopic (exact) mass is 486 g/mol. The van der Waals surface area contributed by atoms with Gasteiger partial charge in [-0.25, -0.2) is 0 Å². The molecule has 2 aromatic carbocycles. The van der Waals surface area contributed by atoms with Crippen LogP contribution in [0.5, 0.6) is 17.2 Å². The minimum atomic E-state index is -0.223. The number of hydrogen-bond donors (Lipinski definition) is 1. The van der Waals surface area contributed by atoms with Crippen LogP contribution in [0.15, 0.2) is 85.2 Å². The van der Waals surface area contributed by atoms with Crippen LogP contribution in [0, 0.1) is 0 Å². The highest BCUT2D eigenvalue weighted by molar-refractivity contribution is 7.80. The van der Waals surface area contributed by atoms with Gasteiger partial charge in [-0.3, -0.25) is 4.98 Å². The molecule has 0 aliphatic carbocycles. The summed E-state index contributed by atoms with van der Waals surface area (Å²) in [7, 11) is 4.97. The van der Waals surface area contributed by atoms with Gasteiger partial charge in [0.1, 0.15) is 23.3 Å². The summed E-state index contributed by atoms with van der Waals surface area (Å²) in [5.74, 6) is 2.20. The molecule has 0 radical (unpaired) electrons. The molecule has 178 valence electrons. The fraction of sp³-hybridized carbons (Fsp3) is 0.185. The highest BCUT2D eigenvalue weighted by atomic mass is 32.1. The number of thiocarbonyl (C=S) groups is 1. The van der Waals surface area contributed by atoms with Crippen molar-refractivity contribution in [3.63, 3.8) is 0 Å². The summed E-state index contributed by atoms with van der Waals surface area (Å²) >= 11 is 5.90. The maximum absolute atomic E-state index is 5.90. The molecule has 0 spiro atoms. The van der Waals surface area contributed by atoms with Crippen LogP contribution in [0.3, 0.4) is 0 Å². The topological polar surface area (TPSA) is 60.8 Å². The average Bonchev–Trinajstić information content (AvgIpc) is 3.53. The minimum Gasteiger partial charge on any atom is -0.497 e. The molecule has 1 aliphatic rings. The first-order valence-electron chi connectivity index (χ1n) is 11.2. The van der Waals surface area contributed by atoms with Gasteiger partial charge in [0, 0.05) is 35.9 Å². The zero-order valence-corrected chi connectivity index (χ0v) is 20.5. The van der Waals surface area contributed by atoms with E-state index in [4.69, 9.17) is 26.4 Å². The zero-order chi connectivity index (χ0) is 24.4. The normalized spacial score (nSPS) is 17.2. The lowest BCUT2D eigenvalue weighted by atomic mass is 10.0. The van der Waals surface area contributed by atoms with E-state index < -0.39 is 0 Å². The summed E-state index contributed by atoms with van der Waals surface area (Å²) < 4.78 is 18.9. The number of anilines is 1. The molecule has 7 nitrogen and oxygen atoms in total. The first-order chi connectivity index (χ1) is 17.1. The Bertz CT molecular complexity index is 1340. The summed E-state index contributed by atoms with van der Waals surface area (Å²) in [6.07, 6.45) is 3.84. The quantitative estimate of drug-likeness (QED) is 0.366. The van der Waals surface area contributed by atoms with E-state index in [2.05, 4.69) is 31.9 Å². The third kappa shape index (κ3) is 4.17. The Morgan fingerprint density at radius 1 is 0.857 bits per heavy atom. The van der Waals surface area contributed by atoms with E-state index in [0.717, 1.165) is 28.5 Å². The van der Waals surface area contributed by atoms with Gasteiger partial charge in [0.15, 0.2) is 5.11 Å². The summed E-state index contributed by atoms with van der Waals surface area (Å²) in [5.41, 5.74) is 3.72. The van der Waals surface area contributed by atoms with Gasteiger partial charge in [-0.1, -0.05) is 12.1 Å². The van der Waals surface area contributed by atoms with E-state index in [9.17, 15) is 0 Å². The van der Waals surface area contributed by atoms with Crippen LogP contribution >= 0.6 is 12.2 Å². The molecule has 4 aromatic rings. The van der Waals surface area contributed by atoms with E-state index in [0.29, 0.717) is 16.6 Å². The summed E-state index contributed by atoms with van der Waals surface area (Å²) in [5, 5.41) is 4.09. The van der Waals surface area contributed by atoms with Crippen molar-refractivity contribution in [3.05, 3.63) is 96.6 Å². The maximum Gasteiger partial charge on any atom is 0.174 e. The van der Waals surface area contributed by atoms with Gasteiger partial charge < -0.3 is 29.0 Å². The second-order valence-electron chi connectivity index (χ2n) is 8.04. The number of ether oxygens (including phenoxy) is 3. The molecule has 2 aromatic heterocycles. The van der Waals surface area contributed by atoms with Gasteiger partial charge in [-0.15, -0.1) is 0 Å². The molecule has 2 atom stereocenters. The van der Waals surface area contributed by atoms with E-state index >= 15 is 0 Å². The second kappa shape index (κ2) is 9.68. The number of nitrogens with zero attached hydrogens (tertiary/aromatic N) is 3. The highest BCUT2D eigenvalue weighted by Crippen LogP contribution is 2.46. The van der Waals surface area contributed by atoms with Gasteiger partial charge in [-0.2, -0.15) is 0 Å². The average molecular weight is 487 g/mol. The Morgan fingerprint density at radius 2 is 1.69 bits per heavy atom. The standard InChI is InChI=1S/C27H26N4O3S/c1-32-19-9-6-8-18(16-19)30-15-7-11-22(30)26-25(21-10-4-5-14-28-21)29-27(35)31(26)23-17-20(33-2)12-13-24(23)34-3/h4-17,25-26H,1-3H3,(H,29,35)/t25-,26+/m1/s1. The van der Waals surface area contributed by atoms with Crippen molar-refractivity contribution >= 4 is 23.0 Å². The lowest BCUT2D eigenvalue weighted by molar-refractivity contribution is 0.402. The van der Waals surface area contributed by atoms with Gasteiger partial charge in [0.25, 0.3) is 0 Å². The number of benzene rings is 2. The first-order valence-corrected chi connectivity index (χ1v) is 11.6. The zero-order valence-electron chi connectivity index (χ0n) is 19.7. The van der Waals surface area contributed by atoms with Crippen LogP contribution in [-0.2, 0) is 0 Å². The second-order valence-corrected chi connectivity index (χ2v) is 8.43. The van der Waals surface area contributed by atoms with Crippen LogP contribution in [-0.4, -0.2) is 36.0 Å². The van der Waals surface area contributed by atoms with E-state index in [1.54, 1.807) is 27.5 Å². The lowest BCUT2D eigenvalue weighted by Crippen LogP contribution is -2.30. The number of hydrogen-bond acceptors (Lipinski definition) is 5. The van der Waals surface area contributed by atoms with Crippen molar-refractivity contribution in [1.29, 1.82) is 0 Å². The number of rotatable bonds is 7.